The lowest BCUT2D eigenvalue weighted by molar-refractivity contribution is 0.413. The molecule has 0 saturated carbocycles. The second-order valence-corrected chi connectivity index (χ2v) is 8.01. The van der Waals surface area contributed by atoms with Crippen LogP contribution in [0.3, 0.4) is 0 Å². The summed E-state index contributed by atoms with van der Waals surface area (Å²) in [7, 11) is 4.29. The van der Waals surface area contributed by atoms with Gasteiger partial charge in [-0.25, -0.2) is 0 Å². The number of thioether (sulfide) groups is 1. The van der Waals surface area contributed by atoms with E-state index in [4.69, 9.17) is 0 Å². The van der Waals surface area contributed by atoms with Crippen LogP contribution < -0.4 is 4.90 Å². The van der Waals surface area contributed by atoms with Gasteiger partial charge < -0.3 is 9.80 Å². The van der Waals surface area contributed by atoms with Crippen molar-refractivity contribution in [3.05, 3.63) is 72.8 Å². The Hall–Kier alpha value is -1.97. The van der Waals surface area contributed by atoms with E-state index in [2.05, 4.69) is 96.7 Å². The number of nitrogens with zero attached hydrogens (tertiary/aromatic N) is 2. The van der Waals surface area contributed by atoms with Crippen molar-refractivity contribution in [3.8, 4) is 0 Å². The number of likely N-dealkylation sites (N-methyl/N-ethyl adjacent to an activating group) is 1. The zero-order valence-corrected chi connectivity index (χ0v) is 16.6. The lowest BCUT2D eigenvalue weighted by Gasteiger charge is -2.27. The fraction of sp³-hybridized carbons (Fsp3) is 0.304. The summed E-state index contributed by atoms with van der Waals surface area (Å²) in [5, 5.41) is 2.63. The van der Waals surface area contributed by atoms with Crippen molar-refractivity contribution in [1.82, 2.24) is 4.90 Å². The first-order valence-electron chi connectivity index (χ1n) is 9.29. The monoisotopic (exact) mass is 364 g/mol. The van der Waals surface area contributed by atoms with Crippen LogP contribution in [0.5, 0.6) is 0 Å². The molecule has 0 heterocycles. The molecule has 26 heavy (non-hydrogen) atoms. The number of hydrogen-bond acceptors (Lipinski definition) is 3. The molecular weight excluding hydrogens is 336 g/mol. The predicted octanol–water partition coefficient (Wildman–Crippen LogP) is 5.39. The minimum Gasteiger partial charge on any atom is -0.370 e. The second-order valence-electron chi connectivity index (χ2n) is 6.84. The van der Waals surface area contributed by atoms with E-state index in [1.807, 2.05) is 11.8 Å². The van der Waals surface area contributed by atoms with Crippen LogP contribution in [0.25, 0.3) is 10.8 Å². The van der Waals surface area contributed by atoms with Crippen molar-refractivity contribution in [3.63, 3.8) is 0 Å². The van der Waals surface area contributed by atoms with E-state index in [-0.39, 0.29) is 0 Å². The minimum absolute atomic E-state index is 1.06. The summed E-state index contributed by atoms with van der Waals surface area (Å²) in [6, 6.07) is 26.1. The highest BCUT2D eigenvalue weighted by molar-refractivity contribution is 7.99. The molecule has 0 saturated heterocycles. The van der Waals surface area contributed by atoms with Gasteiger partial charge >= 0.3 is 0 Å². The minimum atomic E-state index is 1.06. The Morgan fingerprint density at radius 3 is 2.23 bits per heavy atom. The largest absolute Gasteiger partial charge is 0.370 e. The molecule has 0 bridgehead atoms. The van der Waals surface area contributed by atoms with Gasteiger partial charge in [-0.2, -0.15) is 0 Å². The van der Waals surface area contributed by atoms with E-state index in [0.29, 0.717) is 0 Å². The third-order valence-corrected chi connectivity index (χ3v) is 5.60. The van der Waals surface area contributed by atoms with Gasteiger partial charge in [-0.15, -0.1) is 11.8 Å². The maximum atomic E-state index is 2.53. The Morgan fingerprint density at radius 2 is 1.46 bits per heavy atom. The summed E-state index contributed by atoms with van der Waals surface area (Å²) in [5.74, 6) is 1.15. The zero-order chi connectivity index (χ0) is 18.2. The molecular formula is C23H28N2S. The van der Waals surface area contributed by atoms with Crippen molar-refractivity contribution in [1.29, 1.82) is 0 Å². The average Bonchev–Trinajstić information content (AvgIpc) is 2.67. The van der Waals surface area contributed by atoms with Gasteiger partial charge in [0, 0.05) is 30.2 Å². The maximum absolute atomic E-state index is 2.53. The average molecular weight is 365 g/mol. The van der Waals surface area contributed by atoms with Crippen LogP contribution in [0.15, 0.2) is 77.7 Å². The summed E-state index contributed by atoms with van der Waals surface area (Å²) in [6.07, 6.45) is 1.18. The number of anilines is 1. The van der Waals surface area contributed by atoms with Gasteiger partial charge in [0.1, 0.15) is 0 Å². The Labute approximate surface area is 161 Å². The highest BCUT2D eigenvalue weighted by Gasteiger charge is 2.08. The van der Waals surface area contributed by atoms with Crippen LogP contribution in [-0.4, -0.2) is 44.4 Å². The third-order valence-electron chi connectivity index (χ3n) is 4.50. The second kappa shape index (κ2) is 9.65. The lowest BCUT2D eigenvalue weighted by Crippen LogP contribution is -2.32. The summed E-state index contributed by atoms with van der Waals surface area (Å²) in [4.78, 5) is 6.14. The third kappa shape index (κ3) is 5.52. The fourth-order valence-corrected chi connectivity index (χ4v) is 3.89. The molecule has 3 rings (SSSR count). The summed E-state index contributed by atoms with van der Waals surface area (Å²) >= 11 is 1.95. The maximum Gasteiger partial charge on any atom is 0.0373 e. The molecule has 0 aliphatic rings. The molecule has 3 aromatic rings. The summed E-state index contributed by atoms with van der Waals surface area (Å²) < 4.78 is 0. The van der Waals surface area contributed by atoms with E-state index in [9.17, 15) is 0 Å². The molecule has 3 heteroatoms. The Balaban J connectivity index is 1.63. The summed E-state index contributed by atoms with van der Waals surface area (Å²) in [5.41, 5.74) is 1.33. The van der Waals surface area contributed by atoms with Crippen LogP contribution in [-0.2, 0) is 0 Å². The molecule has 0 amide bonds. The number of hydrogen-bond donors (Lipinski definition) is 0. The molecule has 0 fully saturated rings. The van der Waals surface area contributed by atoms with Crippen LogP contribution in [0.4, 0.5) is 5.69 Å². The Kier molecular flexibility index (Phi) is 6.98. The smallest absolute Gasteiger partial charge is 0.0373 e. The quantitative estimate of drug-likeness (QED) is 0.371. The van der Waals surface area contributed by atoms with Crippen LogP contribution >= 0.6 is 11.8 Å². The topological polar surface area (TPSA) is 6.48 Å². The van der Waals surface area contributed by atoms with E-state index in [1.54, 1.807) is 0 Å². The van der Waals surface area contributed by atoms with Crippen molar-refractivity contribution in [2.45, 2.75) is 11.3 Å². The Bertz CT molecular complexity index is 801. The first-order chi connectivity index (χ1) is 12.7. The molecule has 0 aliphatic heterocycles. The van der Waals surface area contributed by atoms with E-state index in [0.717, 1.165) is 25.4 Å². The SMILES string of the molecule is CN(C)CCN(CCCSc1ccccc1)c1ccc2ccccc2c1. The van der Waals surface area contributed by atoms with E-state index in [1.165, 1.54) is 27.8 Å². The first kappa shape index (κ1) is 18.8. The molecule has 0 aliphatic carbocycles. The van der Waals surface area contributed by atoms with Crippen molar-refractivity contribution >= 4 is 28.2 Å². The Morgan fingerprint density at radius 1 is 0.731 bits per heavy atom. The van der Waals surface area contributed by atoms with Crippen molar-refractivity contribution in [2.75, 3.05) is 44.4 Å². The van der Waals surface area contributed by atoms with E-state index < -0.39 is 0 Å². The fourth-order valence-electron chi connectivity index (χ4n) is 3.03. The van der Waals surface area contributed by atoms with Gasteiger partial charge in [0.25, 0.3) is 0 Å². The van der Waals surface area contributed by atoms with Gasteiger partial charge in [0.2, 0.25) is 0 Å². The van der Waals surface area contributed by atoms with Crippen molar-refractivity contribution < 1.29 is 0 Å². The molecule has 0 atom stereocenters. The highest BCUT2D eigenvalue weighted by Crippen LogP contribution is 2.23. The first-order valence-corrected chi connectivity index (χ1v) is 10.3. The lowest BCUT2D eigenvalue weighted by atomic mass is 10.1. The molecule has 2 nitrogen and oxygen atoms in total. The molecule has 0 spiro atoms. The van der Waals surface area contributed by atoms with Crippen molar-refractivity contribution in [2.24, 2.45) is 0 Å². The molecule has 0 unspecified atom stereocenters. The summed E-state index contributed by atoms with van der Waals surface area (Å²) in [6.45, 7) is 3.21. The number of benzene rings is 3. The van der Waals surface area contributed by atoms with Crippen LogP contribution in [0.1, 0.15) is 6.42 Å². The molecule has 0 radical (unpaired) electrons. The van der Waals surface area contributed by atoms with E-state index >= 15 is 0 Å². The standard InChI is InChI=1S/C23H28N2S/c1-24(2)16-17-25(15-8-18-26-23-11-4-3-5-12-23)22-14-13-20-9-6-7-10-21(20)19-22/h3-7,9-14,19H,8,15-18H2,1-2H3. The zero-order valence-electron chi connectivity index (χ0n) is 15.8. The van der Waals surface area contributed by atoms with Crippen LogP contribution in [0, 0.1) is 0 Å². The van der Waals surface area contributed by atoms with Crippen LogP contribution in [0.2, 0.25) is 0 Å². The van der Waals surface area contributed by atoms with Gasteiger partial charge in [-0.1, -0.05) is 48.5 Å². The van der Waals surface area contributed by atoms with Gasteiger partial charge in [-0.05, 0) is 61.3 Å². The highest BCUT2D eigenvalue weighted by atomic mass is 32.2. The molecule has 136 valence electrons. The number of fused-ring (bicyclic) bond motifs is 1. The predicted molar refractivity (Wildman–Crippen MR) is 116 cm³/mol. The normalized spacial score (nSPS) is 11.2. The number of rotatable bonds is 9. The molecule has 0 N–H and O–H groups in total. The van der Waals surface area contributed by atoms with Gasteiger partial charge in [-0.3, -0.25) is 0 Å². The molecule has 3 aromatic carbocycles. The van der Waals surface area contributed by atoms with Gasteiger partial charge in [0.15, 0.2) is 0 Å². The molecule has 0 aromatic heterocycles. The van der Waals surface area contributed by atoms with Gasteiger partial charge in [0.05, 0.1) is 0 Å².